The van der Waals surface area contributed by atoms with Crippen molar-refractivity contribution < 1.29 is 13.9 Å². The molecule has 11 heteroatoms. The molecule has 0 bridgehead atoms. The third-order valence-corrected chi connectivity index (χ3v) is 7.93. The Balaban J connectivity index is 1.17. The van der Waals surface area contributed by atoms with E-state index in [0.29, 0.717) is 23.0 Å². The molecule has 6 aromatic rings. The Morgan fingerprint density at radius 3 is 2.60 bits per heavy atom. The Bertz CT molecular complexity index is 1920. The summed E-state index contributed by atoms with van der Waals surface area (Å²) >= 11 is 1.51. The number of nitrogens with one attached hydrogen (secondary N) is 2. The van der Waals surface area contributed by atoms with Crippen molar-refractivity contribution in [1.29, 1.82) is 0 Å². The van der Waals surface area contributed by atoms with Crippen LogP contribution in [-0.4, -0.2) is 51.6 Å². The minimum atomic E-state index is -0.575. The fraction of sp³-hybridized carbons (Fsp3) is 0.125. The largest absolute Gasteiger partial charge is 0.378 e. The number of benzene rings is 3. The van der Waals surface area contributed by atoms with Gasteiger partial charge in [0.2, 0.25) is 5.95 Å². The Morgan fingerprint density at radius 2 is 1.77 bits per heavy atom. The van der Waals surface area contributed by atoms with E-state index in [-0.39, 0.29) is 5.56 Å². The standard InChI is InChI=1S/C32H26FN7O2S/c33-26-7-2-1-6-25(26)30(41)35-23-5-3-4-21(20-23)28-29(40-16-19-43-32(40)38-28)27-12-13-34-31(37-27)36-22-8-10-24(11-9-22)39-14-17-42-18-15-39/h1-13,16,19-20H,14-15,17-18H2,(H,35,41)(H,34,36,37). The lowest BCUT2D eigenvalue weighted by Crippen LogP contribution is -2.36. The maximum atomic E-state index is 14.2. The lowest BCUT2D eigenvalue weighted by atomic mass is 10.1. The molecule has 2 N–H and O–H groups in total. The summed E-state index contributed by atoms with van der Waals surface area (Å²) in [7, 11) is 0. The van der Waals surface area contributed by atoms with Crippen LogP contribution in [0.15, 0.2) is 96.6 Å². The molecule has 0 unspecified atom stereocenters. The maximum Gasteiger partial charge on any atom is 0.258 e. The van der Waals surface area contributed by atoms with Gasteiger partial charge < -0.3 is 20.3 Å². The van der Waals surface area contributed by atoms with Gasteiger partial charge in [-0.1, -0.05) is 24.3 Å². The van der Waals surface area contributed by atoms with E-state index in [2.05, 4.69) is 32.7 Å². The number of rotatable bonds is 7. The van der Waals surface area contributed by atoms with Gasteiger partial charge in [0.05, 0.1) is 30.2 Å². The number of aromatic nitrogens is 4. The van der Waals surface area contributed by atoms with Crippen LogP contribution >= 0.6 is 11.3 Å². The molecule has 1 aliphatic rings. The van der Waals surface area contributed by atoms with Gasteiger partial charge in [-0.15, -0.1) is 11.3 Å². The fourth-order valence-electron chi connectivity index (χ4n) is 5.08. The van der Waals surface area contributed by atoms with Gasteiger partial charge in [-0.25, -0.2) is 19.3 Å². The first kappa shape index (κ1) is 26.7. The van der Waals surface area contributed by atoms with Crippen LogP contribution in [0.4, 0.5) is 27.4 Å². The summed E-state index contributed by atoms with van der Waals surface area (Å²) in [5, 5.41) is 8.09. The number of hydrogen-bond donors (Lipinski definition) is 2. The van der Waals surface area contributed by atoms with Crippen LogP contribution < -0.4 is 15.5 Å². The zero-order valence-electron chi connectivity index (χ0n) is 22.9. The molecule has 1 amide bonds. The Morgan fingerprint density at radius 1 is 0.930 bits per heavy atom. The molecule has 0 aliphatic carbocycles. The van der Waals surface area contributed by atoms with E-state index in [1.54, 1.807) is 24.4 Å². The fourth-order valence-corrected chi connectivity index (χ4v) is 5.79. The first-order chi connectivity index (χ1) is 21.1. The molecule has 3 aromatic heterocycles. The molecular formula is C32H26FN7O2S. The van der Waals surface area contributed by atoms with E-state index < -0.39 is 11.7 Å². The van der Waals surface area contributed by atoms with Crippen molar-refractivity contribution in [2.24, 2.45) is 0 Å². The summed E-state index contributed by atoms with van der Waals surface area (Å²) in [5.41, 5.74) is 5.50. The minimum absolute atomic E-state index is 0.0205. The average Bonchev–Trinajstić information content (AvgIpc) is 3.64. The number of carbonyl (C=O) groups excluding carboxylic acids is 1. The monoisotopic (exact) mass is 591 g/mol. The predicted molar refractivity (Wildman–Crippen MR) is 167 cm³/mol. The first-order valence-corrected chi connectivity index (χ1v) is 14.7. The summed E-state index contributed by atoms with van der Waals surface area (Å²) in [6.45, 7) is 3.23. The smallest absolute Gasteiger partial charge is 0.258 e. The van der Waals surface area contributed by atoms with Crippen LogP contribution in [0.25, 0.3) is 27.6 Å². The van der Waals surface area contributed by atoms with E-state index in [1.165, 1.54) is 23.5 Å². The highest BCUT2D eigenvalue weighted by atomic mass is 32.1. The summed E-state index contributed by atoms with van der Waals surface area (Å²) in [5.74, 6) is -0.640. The molecule has 1 aliphatic heterocycles. The number of imidazole rings is 1. The zero-order chi connectivity index (χ0) is 29.2. The van der Waals surface area contributed by atoms with Crippen molar-refractivity contribution in [3.05, 3.63) is 108 Å². The third-order valence-electron chi connectivity index (χ3n) is 7.17. The Kier molecular flexibility index (Phi) is 7.23. The molecule has 43 heavy (non-hydrogen) atoms. The predicted octanol–water partition coefficient (Wildman–Crippen LogP) is 6.49. The normalized spacial score (nSPS) is 13.3. The summed E-state index contributed by atoms with van der Waals surface area (Å²) in [6, 6.07) is 23.3. The van der Waals surface area contributed by atoms with Crippen molar-refractivity contribution in [3.8, 4) is 22.6 Å². The van der Waals surface area contributed by atoms with Crippen molar-refractivity contribution in [1.82, 2.24) is 19.4 Å². The second-order valence-electron chi connectivity index (χ2n) is 9.92. The zero-order valence-corrected chi connectivity index (χ0v) is 23.7. The highest BCUT2D eigenvalue weighted by Crippen LogP contribution is 2.35. The molecule has 0 atom stereocenters. The topological polar surface area (TPSA) is 96.7 Å². The lowest BCUT2D eigenvalue weighted by molar-refractivity contribution is 0.102. The van der Waals surface area contributed by atoms with Gasteiger partial charge in [0.15, 0.2) is 4.96 Å². The number of halogens is 1. The molecule has 1 fully saturated rings. The van der Waals surface area contributed by atoms with Crippen LogP contribution in [0.1, 0.15) is 10.4 Å². The van der Waals surface area contributed by atoms with Gasteiger partial charge in [0, 0.05) is 53.5 Å². The second kappa shape index (κ2) is 11.6. The number of carbonyl (C=O) groups is 1. The van der Waals surface area contributed by atoms with Crippen molar-refractivity contribution in [2.45, 2.75) is 0 Å². The quantitative estimate of drug-likeness (QED) is 0.219. The van der Waals surface area contributed by atoms with E-state index >= 15 is 0 Å². The van der Waals surface area contributed by atoms with Crippen LogP contribution in [0, 0.1) is 5.82 Å². The van der Waals surface area contributed by atoms with E-state index in [9.17, 15) is 9.18 Å². The highest BCUT2D eigenvalue weighted by molar-refractivity contribution is 7.15. The molecule has 9 nitrogen and oxygen atoms in total. The van der Waals surface area contributed by atoms with Crippen LogP contribution in [-0.2, 0) is 4.74 Å². The Labute approximate surface area is 250 Å². The summed E-state index contributed by atoms with van der Waals surface area (Å²) < 4.78 is 21.6. The average molecular weight is 592 g/mol. The van der Waals surface area contributed by atoms with Gasteiger partial charge in [-0.3, -0.25) is 9.20 Å². The van der Waals surface area contributed by atoms with Crippen LogP contribution in [0.3, 0.4) is 0 Å². The molecule has 0 spiro atoms. The Hall–Kier alpha value is -5.13. The number of morpholine rings is 1. The van der Waals surface area contributed by atoms with Gasteiger partial charge >= 0.3 is 0 Å². The van der Waals surface area contributed by atoms with Gasteiger partial charge in [-0.05, 0) is 54.6 Å². The number of nitrogens with zero attached hydrogens (tertiary/aromatic N) is 5. The molecule has 214 valence electrons. The molecule has 3 aromatic carbocycles. The first-order valence-electron chi connectivity index (χ1n) is 13.8. The molecule has 0 saturated carbocycles. The van der Waals surface area contributed by atoms with Gasteiger partial charge in [0.1, 0.15) is 11.5 Å². The molecular weight excluding hydrogens is 565 g/mol. The van der Waals surface area contributed by atoms with Gasteiger partial charge in [-0.2, -0.15) is 0 Å². The molecule has 7 rings (SSSR count). The minimum Gasteiger partial charge on any atom is -0.378 e. The van der Waals surface area contributed by atoms with E-state index in [1.807, 2.05) is 52.4 Å². The summed E-state index contributed by atoms with van der Waals surface area (Å²) in [4.78, 5) is 30.1. The van der Waals surface area contributed by atoms with Crippen molar-refractivity contribution in [3.63, 3.8) is 0 Å². The van der Waals surface area contributed by atoms with E-state index in [4.69, 9.17) is 14.7 Å². The number of ether oxygens (including phenoxy) is 1. The van der Waals surface area contributed by atoms with Crippen LogP contribution in [0.5, 0.6) is 0 Å². The number of fused-ring (bicyclic) bond motifs is 1. The third kappa shape index (κ3) is 5.55. The number of amides is 1. The number of anilines is 4. The van der Waals surface area contributed by atoms with Crippen LogP contribution in [0.2, 0.25) is 0 Å². The highest BCUT2D eigenvalue weighted by Gasteiger charge is 2.20. The number of thiazole rings is 1. The summed E-state index contributed by atoms with van der Waals surface area (Å²) in [6.07, 6.45) is 3.67. The molecule has 0 radical (unpaired) electrons. The maximum absolute atomic E-state index is 14.2. The SMILES string of the molecule is O=C(Nc1cccc(-c2nc3sccn3c2-c2ccnc(Nc3ccc(N4CCOCC4)cc3)n2)c1)c1ccccc1F. The van der Waals surface area contributed by atoms with Gasteiger partial charge in [0.25, 0.3) is 5.91 Å². The number of hydrogen-bond acceptors (Lipinski definition) is 8. The van der Waals surface area contributed by atoms with Crippen molar-refractivity contribution in [2.75, 3.05) is 41.8 Å². The molecule has 4 heterocycles. The lowest BCUT2D eigenvalue weighted by Gasteiger charge is -2.28. The molecule has 1 saturated heterocycles. The van der Waals surface area contributed by atoms with Crippen molar-refractivity contribution >= 4 is 45.2 Å². The van der Waals surface area contributed by atoms with E-state index in [0.717, 1.165) is 53.9 Å². The second-order valence-corrected chi connectivity index (χ2v) is 10.8.